The minimum Gasteiger partial charge on any atom is -0.456 e. The van der Waals surface area contributed by atoms with Gasteiger partial charge in [0.05, 0.1) is 11.9 Å². The number of hydrogen-bond acceptors (Lipinski definition) is 3. The van der Waals surface area contributed by atoms with Crippen LogP contribution in [0.3, 0.4) is 0 Å². The van der Waals surface area contributed by atoms with Gasteiger partial charge >= 0.3 is 0 Å². The minimum absolute atomic E-state index is 0.0812. The van der Waals surface area contributed by atoms with E-state index in [-0.39, 0.29) is 10.8 Å². The molecule has 3 nitrogen and oxygen atoms in total. The van der Waals surface area contributed by atoms with Gasteiger partial charge in [-0.15, -0.1) is 0 Å². The van der Waals surface area contributed by atoms with E-state index in [0.717, 1.165) is 39.2 Å². The van der Waals surface area contributed by atoms with Crippen LogP contribution in [-0.2, 0) is 10.8 Å². The van der Waals surface area contributed by atoms with Crippen molar-refractivity contribution in [3.05, 3.63) is 168 Å². The molecule has 2 aliphatic carbocycles. The first-order valence-electron chi connectivity index (χ1n) is 17.5. The first kappa shape index (κ1) is 29.0. The van der Waals surface area contributed by atoms with Crippen molar-refractivity contribution in [1.82, 2.24) is 4.98 Å². The molecule has 0 radical (unpaired) electrons. The number of hydrogen-bond donors (Lipinski definition) is 0. The highest BCUT2D eigenvalue weighted by Crippen LogP contribution is 2.53. The Labute approximate surface area is 292 Å². The van der Waals surface area contributed by atoms with Gasteiger partial charge in [-0.2, -0.15) is 0 Å². The lowest BCUT2D eigenvalue weighted by atomic mass is 9.82. The molecule has 0 amide bonds. The molecule has 10 rings (SSSR count). The second-order valence-corrected chi connectivity index (χ2v) is 14.8. The van der Waals surface area contributed by atoms with Gasteiger partial charge in [-0.1, -0.05) is 107 Å². The van der Waals surface area contributed by atoms with Crippen LogP contribution < -0.4 is 4.90 Å². The van der Waals surface area contributed by atoms with E-state index in [1.54, 1.807) is 0 Å². The molecule has 0 atom stereocenters. The summed E-state index contributed by atoms with van der Waals surface area (Å²) in [6.45, 7) is 9.29. The summed E-state index contributed by atoms with van der Waals surface area (Å²) in [5.41, 5.74) is 17.9. The van der Waals surface area contributed by atoms with Gasteiger partial charge in [0.25, 0.3) is 0 Å². The molecule has 240 valence electrons. The number of benzene rings is 6. The Morgan fingerprint density at radius 3 is 1.92 bits per heavy atom. The Balaban J connectivity index is 1.05. The van der Waals surface area contributed by atoms with Crippen LogP contribution in [0.1, 0.15) is 49.9 Å². The third-order valence-corrected chi connectivity index (χ3v) is 11.3. The summed E-state index contributed by atoms with van der Waals surface area (Å²) in [4.78, 5) is 6.80. The third kappa shape index (κ3) is 4.01. The fourth-order valence-corrected chi connectivity index (χ4v) is 8.83. The third-order valence-electron chi connectivity index (χ3n) is 11.3. The molecule has 2 aliphatic rings. The van der Waals surface area contributed by atoms with Gasteiger partial charge in [-0.05, 0) is 105 Å². The van der Waals surface area contributed by atoms with Crippen LogP contribution in [-0.4, -0.2) is 4.98 Å². The summed E-state index contributed by atoms with van der Waals surface area (Å²) in [5.74, 6) is 0. The molecule has 8 aromatic rings. The number of aromatic nitrogens is 1. The average Bonchev–Trinajstić information content (AvgIpc) is 3.72. The Morgan fingerprint density at radius 2 is 1.16 bits per heavy atom. The van der Waals surface area contributed by atoms with Crippen LogP contribution in [0.4, 0.5) is 17.1 Å². The number of nitrogens with zero attached hydrogens (tertiary/aromatic N) is 2. The monoisotopic (exact) mass is 644 g/mol. The largest absolute Gasteiger partial charge is 0.456 e. The first-order chi connectivity index (χ1) is 24.3. The highest BCUT2D eigenvalue weighted by molar-refractivity contribution is 6.10. The summed E-state index contributed by atoms with van der Waals surface area (Å²) >= 11 is 0. The number of fused-ring (bicyclic) bond motifs is 10. The van der Waals surface area contributed by atoms with Gasteiger partial charge in [0.15, 0.2) is 0 Å². The van der Waals surface area contributed by atoms with E-state index in [0.29, 0.717) is 0 Å². The zero-order valence-electron chi connectivity index (χ0n) is 28.7. The molecule has 0 saturated heterocycles. The number of anilines is 3. The second kappa shape index (κ2) is 10.3. The molecular formula is C47H36N2O. The predicted molar refractivity (Wildman–Crippen MR) is 207 cm³/mol. The molecular weight excluding hydrogens is 609 g/mol. The molecule has 0 fully saturated rings. The average molecular weight is 645 g/mol. The van der Waals surface area contributed by atoms with E-state index < -0.39 is 0 Å². The maximum atomic E-state index is 6.66. The van der Waals surface area contributed by atoms with Gasteiger partial charge in [0, 0.05) is 44.7 Å². The molecule has 0 aliphatic heterocycles. The van der Waals surface area contributed by atoms with Gasteiger partial charge in [0.2, 0.25) is 0 Å². The lowest BCUT2D eigenvalue weighted by Gasteiger charge is -2.28. The van der Waals surface area contributed by atoms with Gasteiger partial charge in [0.1, 0.15) is 11.2 Å². The quantitative estimate of drug-likeness (QED) is 0.191. The Bertz CT molecular complexity index is 2640. The normalized spacial score (nSPS) is 14.7. The van der Waals surface area contributed by atoms with Crippen molar-refractivity contribution < 1.29 is 4.42 Å². The maximum Gasteiger partial charge on any atom is 0.140 e. The van der Waals surface area contributed by atoms with Crippen molar-refractivity contribution in [2.75, 3.05) is 4.90 Å². The SMILES string of the molecule is CC1(C)c2ccccc2-c2ccc(N(c3ccc(-c4ccc5oc6c7c(ccc6c5c4)-c4ccccc4C7(C)C)cc3)c3cccnc3)cc21. The molecule has 2 aromatic heterocycles. The maximum absolute atomic E-state index is 6.66. The van der Waals surface area contributed by atoms with E-state index in [9.17, 15) is 0 Å². The molecule has 0 N–H and O–H groups in total. The molecule has 3 heteroatoms. The Kier molecular flexibility index (Phi) is 5.97. The summed E-state index contributed by atoms with van der Waals surface area (Å²) in [6.07, 6.45) is 3.77. The topological polar surface area (TPSA) is 29.3 Å². The van der Waals surface area contributed by atoms with Crippen molar-refractivity contribution in [2.45, 2.75) is 38.5 Å². The number of pyridine rings is 1. The molecule has 0 unspecified atom stereocenters. The van der Waals surface area contributed by atoms with Gasteiger partial charge in [-0.25, -0.2) is 0 Å². The highest BCUT2D eigenvalue weighted by atomic mass is 16.3. The van der Waals surface area contributed by atoms with Crippen LogP contribution in [0.25, 0.3) is 55.3 Å². The number of rotatable bonds is 4. The Hall–Kier alpha value is -5.93. The Morgan fingerprint density at radius 1 is 0.500 bits per heavy atom. The van der Waals surface area contributed by atoms with Gasteiger partial charge in [-0.3, -0.25) is 4.98 Å². The van der Waals surface area contributed by atoms with Crippen molar-refractivity contribution in [2.24, 2.45) is 0 Å². The summed E-state index contributed by atoms with van der Waals surface area (Å²) < 4.78 is 6.66. The van der Waals surface area contributed by atoms with Crippen molar-refractivity contribution >= 4 is 39.0 Å². The second-order valence-electron chi connectivity index (χ2n) is 14.8. The fraction of sp³-hybridized carbons (Fsp3) is 0.128. The lowest BCUT2D eigenvalue weighted by molar-refractivity contribution is 0.620. The molecule has 0 spiro atoms. The minimum atomic E-state index is -0.128. The molecule has 2 heterocycles. The summed E-state index contributed by atoms with van der Waals surface area (Å²) in [6, 6.07) is 48.6. The van der Waals surface area contributed by atoms with E-state index in [2.05, 4.69) is 165 Å². The van der Waals surface area contributed by atoms with E-state index in [1.165, 1.54) is 55.5 Å². The van der Waals surface area contributed by atoms with Crippen molar-refractivity contribution in [3.8, 4) is 33.4 Å². The van der Waals surface area contributed by atoms with Crippen molar-refractivity contribution in [3.63, 3.8) is 0 Å². The zero-order chi connectivity index (χ0) is 33.8. The zero-order valence-corrected chi connectivity index (χ0v) is 28.7. The van der Waals surface area contributed by atoms with E-state index in [1.807, 2.05) is 18.5 Å². The molecule has 0 saturated carbocycles. The highest BCUT2D eigenvalue weighted by Gasteiger charge is 2.38. The van der Waals surface area contributed by atoms with Crippen molar-refractivity contribution in [1.29, 1.82) is 0 Å². The number of furan rings is 1. The lowest BCUT2D eigenvalue weighted by Crippen LogP contribution is -2.16. The molecule has 50 heavy (non-hydrogen) atoms. The van der Waals surface area contributed by atoms with Crippen LogP contribution in [0.2, 0.25) is 0 Å². The van der Waals surface area contributed by atoms with Gasteiger partial charge < -0.3 is 9.32 Å². The van der Waals surface area contributed by atoms with Crippen LogP contribution in [0, 0.1) is 0 Å². The van der Waals surface area contributed by atoms with Crippen LogP contribution >= 0.6 is 0 Å². The van der Waals surface area contributed by atoms with Crippen LogP contribution in [0.15, 0.2) is 150 Å². The summed E-state index contributed by atoms with van der Waals surface area (Å²) in [5, 5.41) is 2.32. The first-order valence-corrected chi connectivity index (χ1v) is 17.5. The molecule has 6 aromatic carbocycles. The predicted octanol–water partition coefficient (Wildman–Crippen LogP) is 12.7. The van der Waals surface area contributed by atoms with E-state index >= 15 is 0 Å². The fourth-order valence-electron chi connectivity index (χ4n) is 8.83. The smallest absolute Gasteiger partial charge is 0.140 e. The standard InChI is InChI=1S/C47H36N2O/c1-46(2)40-13-7-5-11-34(40)36-21-20-32(27-42(36)46)49(33-10-9-25-48-28-33)31-18-15-29(16-19-31)30-17-24-43-39(26-30)38-23-22-37-35-12-6-8-14-41(35)47(3,4)44(37)45(38)50-43/h5-28H,1-4H3. The molecule has 0 bridgehead atoms. The van der Waals surface area contributed by atoms with E-state index in [4.69, 9.17) is 4.42 Å². The van der Waals surface area contributed by atoms with Crippen LogP contribution in [0.5, 0.6) is 0 Å². The summed E-state index contributed by atoms with van der Waals surface area (Å²) in [7, 11) is 0.